The van der Waals surface area contributed by atoms with Crippen LogP contribution in [0.2, 0.25) is 0 Å². The Labute approximate surface area is 169 Å². The molecule has 1 amide bonds. The van der Waals surface area contributed by atoms with Crippen LogP contribution in [0.4, 0.5) is 27.8 Å². The number of nitrogens with zero attached hydrogens (tertiary/aromatic N) is 2. The molecular weight excluding hydrogens is 374 g/mol. The summed E-state index contributed by atoms with van der Waals surface area (Å²) in [6, 6.07) is 11.5. The van der Waals surface area contributed by atoms with Crippen LogP contribution in [-0.2, 0) is 11.2 Å². The second kappa shape index (κ2) is 11.3. The summed E-state index contributed by atoms with van der Waals surface area (Å²) in [4.78, 5) is 26.8. The summed E-state index contributed by atoms with van der Waals surface area (Å²) >= 11 is 0. The van der Waals surface area contributed by atoms with Gasteiger partial charge in [-0.3, -0.25) is 15.4 Å². The van der Waals surface area contributed by atoms with Crippen LogP contribution in [0.3, 0.4) is 0 Å². The Balaban J connectivity index is 2.09. The van der Waals surface area contributed by atoms with Crippen molar-refractivity contribution in [3.8, 4) is 0 Å². The fourth-order valence-corrected chi connectivity index (χ4v) is 2.71. The molecule has 0 spiro atoms. The predicted molar refractivity (Wildman–Crippen MR) is 113 cm³/mol. The van der Waals surface area contributed by atoms with Gasteiger partial charge in [-0.1, -0.05) is 36.9 Å². The second-order valence-electron chi connectivity index (χ2n) is 6.07. The van der Waals surface area contributed by atoms with E-state index in [-0.39, 0.29) is 29.6 Å². The highest BCUT2D eigenvalue weighted by molar-refractivity contribution is 5.87. The summed E-state index contributed by atoms with van der Waals surface area (Å²) in [5.41, 5.74) is 1.28. The lowest BCUT2D eigenvalue weighted by Gasteiger charge is -2.13. The molecule has 0 bridgehead atoms. The van der Waals surface area contributed by atoms with E-state index in [1.165, 1.54) is 17.8 Å². The zero-order chi connectivity index (χ0) is 21.1. The molecule has 0 saturated carbocycles. The van der Waals surface area contributed by atoms with E-state index < -0.39 is 11.0 Å². The lowest BCUT2D eigenvalue weighted by molar-refractivity contribution is -0.383. The van der Waals surface area contributed by atoms with Crippen molar-refractivity contribution in [1.29, 1.82) is 0 Å². The number of ether oxygens (including phenoxy) is 1. The Morgan fingerprint density at radius 1 is 1.31 bits per heavy atom. The SMILES string of the molecule is C=CNc1nc(NC(=O)OCC)cc(NCCCCc2ccccc2)c1[N+](=O)[O-]. The van der Waals surface area contributed by atoms with Gasteiger partial charge in [-0.15, -0.1) is 0 Å². The summed E-state index contributed by atoms with van der Waals surface area (Å²) in [6.45, 7) is 5.92. The number of carbonyl (C=O) groups is 1. The number of nitro groups is 1. The number of aryl methyl sites for hydroxylation is 1. The third kappa shape index (κ3) is 6.80. The highest BCUT2D eigenvalue weighted by Crippen LogP contribution is 2.34. The van der Waals surface area contributed by atoms with Gasteiger partial charge in [0.1, 0.15) is 11.5 Å². The molecule has 0 saturated heterocycles. The molecule has 1 aromatic carbocycles. The van der Waals surface area contributed by atoms with Gasteiger partial charge in [0, 0.05) is 12.6 Å². The van der Waals surface area contributed by atoms with Crippen LogP contribution in [0.15, 0.2) is 49.2 Å². The molecule has 29 heavy (non-hydrogen) atoms. The first-order chi connectivity index (χ1) is 14.0. The van der Waals surface area contributed by atoms with Crippen LogP contribution in [0.1, 0.15) is 25.3 Å². The number of hydrogen-bond acceptors (Lipinski definition) is 7. The number of nitrogens with one attached hydrogen (secondary N) is 3. The number of benzene rings is 1. The van der Waals surface area contributed by atoms with E-state index in [1.807, 2.05) is 18.2 Å². The van der Waals surface area contributed by atoms with Crippen LogP contribution in [0, 0.1) is 10.1 Å². The van der Waals surface area contributed by atoms with Gasteiger partial charge in [0.25, 0.3) is 0 Å². The average molecular weight is 399 g/mol. The monoisotopic (exact) mass is 399 g/mol. The molecule has 2 aromatic rings. The molecule has 1 aromatic heterocycles. The van der Waals surface area contributed by atoms with Crippen LogP contribution < -0.4 is 16.0 Å². The number of hydrogen-bond donors (Lipinski definition) is 3. The maximum atomic E-state index is 11.7. The number of unbranched alkanes of at least 4 members (excludes halogenated alkanes) is 1. The van der Waals surface area contributed by atoms with Crippen molar-refractivity contribution in [2.45, 2.75) is 26.2 Å². The fraction of sp³-hybridized carbons (Fsp3) is 0.300. The van der Waals surface area contributed by atoms with Crippen LogP contribution in [0.5, 0.6) is 0 Å². The van der Waals surface area contributed by atoms with E-state index in [4.69, 9.17) is 4.74 Å². The van der Waals surface area contributed by atoms with Gasteiger partial charge < -0.3 is 15.4 Å². The molecule has 0 aliphatic carbocycles. The topological polar surface area (TPSA) is 118 Å². The Kier molecular flexibility index (Phi) is 8.43. The Bertz CT molecular complexity index is 842. The molecule has 0 radical (unpaired) electrons. The van der Waals surface area contributed by atoms with Crippen molar-refractivity contribution in [2.24, 2.45) is 0 Å². The van der Waals surface area contributed by atoms with E-state index >= 15 is 0 Å². The van der Waals surface area contributed by atoms with Crippen LogP contribution in [0.25, 0.3) is 0 Å². The van der Waals surface area contributed by atoms with E-state index in [0.29, 0.717) is 6.54 Å². The van der Waals surface area contributed by atoms with Gasteiger partial charge >= 0.3 is 11.8 Å². The van der Waals surface area contributed by atoms with Gasteiger partial charge in [0.2, 0.25) is 5.82 Å². The summed E-state index contributed by atoms with van der Waals surface area (Å²) < 4.78 is 4.83. The van der Waals surface area contributed by atoms with Crippen molar-refractivity contribution in [2.75, 3.05) is 29.1 Å². The first-order valence-electron chi connectivity index (χ1n) is 9.33. The highest BCUT2D eigenvalue weighted by Gasteiger charge is 2.23. The smallest absolute Gasteiger partial charge is 0.412 e. The maximum Gasteiger partial charge on any atom is 0.412 e. The summed E-state index contributed by atoms with van der Waals surface area (Å²) in [7, 11) is 0. The van der Waals surface area contributed by atoms with E-state index in [0.717, 1.165) is 19.3 Å². The molecule has 0 fully saturated rings. The lowest BCUT2D eigenvalue weighted by atomic mass is 10.1. The van der Waals surface area contributed by atoms with E-state index in [1.54, 1.807) is 6.92 Å². The number of amides is 1. The van der Waals surface area contributed by atoms with Gasteiger partial charge in [-0.2, -0.15) is 0 Å². The summed E-state index contributed by atoms with van der Waals surface area (Å²) in [5, 5.41) is 19.8. The highest BCUT2D eigenvalue weighted by atomic mass is 16.6. The minimum atomic E-state index is -0.688. The zero-order valence-electron chi connectivity index (χ0n) is 16.3. The Morgan fingerprint density at radius 3 is 2.72 bits per heavy atom. The Hall–Kier alpha value is -3.62. The fourth-order valence-electron chi connectivity index (χ4n) is 2.71. The minimum absolute atomic E-state index is 0.0221. The molecule has 0 unspecified atom stereocenters. The molecule has 9 nitrogen and oxygen atoms in total. The lowest BCUT2D eigenvalue weighted by Crippen LogP contribution is -2.16. The maximum absolute atomic E-state index is 11.7. The molecule has 3 N–H and O–H groups in total. The molecule has 0 aliphatic rings. The minimum Gasteiger partial charge on any atom is -0.450 e. The van der Waals surface area contributed by atoms with Crippen LogP contribution in [-0.4, -0.2) is 29.2 Å². The van der Waals surface area contributed by atoms with Crippen molar-refractivity contribution < 1.29 is 14.5 Å². The predicted octanol–water partition coefficient (Wildman–Crippen LogP) is 4.55. The molecule has 0 atom stereocenters. The van der Waals surface area contributed by atoms with Gasteiger partial charge in [0.05, 0.1) is 11.5 Å². The summed E-state index contributed by atoms with van der Waals surface area (Å²) in [6.07, 6.45) is 3.28. The Morgan fingerprint density at radius 2 is 2.07 bits per heavy atom. The molecule has 154 valence electrons. The summed E-state index contributed by atoms with van der Waals surface area (Å²) in [5.74, 6) is 0.108. The molecule has 0 aliphatic heterocycles. The first-order valence-corrected chi connectivity index (χ1v) is 9.33. The van der Waals surface area contributed by atoms with E-state index in [9.17, 15) is 14.9 Å². The number of anilines is 3. The van der Waals surface area contributed by atoms with Gasteiger partial charge in [-0.05, 0) is 37.9 Å². The van der Waals surface area contributed by atoms with Gasteiger partial charge in [0.15, 0.2) is 0 Å². The number of carbonyl (C=O) groups excluding carboxylic acids is 1. The molecule has 1 heterocycles. The first kappa shape index (κ1) is 21.7. The van der Waals surface area contributed by atoms with Crippen molar-refractivity contribution in [3.63, 3.8) is 0 Å². The normalized spacial score (nSPS) is 10.1. The van der Waals surface area contributed by atoms with Crippen molar-refractivity contribution in [3.05, 3.63) is 64.9 Å². The molecule has 2 rings (SSSR count). The average Bonchev–Trinajstić information content (AvgIpc) is 2.68. The second-order valence-corrected chi connectivity index (χ2v) is 6.07. The largest absolute Gasteiger partial charge is 0.450 e. The van der Waals surface area contributed by atoms with Crippen LogP contribution >= 0.6 is 0 Å². The number of rotatable bonds is 11. The number of pyridine rings is 1. The molecule has 9 heteroatoms. The standard InChI is InChI=1S/C20H25N5O4/c1-3-21-19-18(25(27)28)16(14-17(23-19)24-20(26)29-4-2)22-13-9-8-12-15-10-6-5-7-11-15/h3,5-7,10-11,14H,1,4,8-9,12-13H2,2H3,(H3,21,22,23,24,26). The zero-order valence-corrected chi connectivity index (χ0v) is 16.3. The van der Waals surface area contributed by atoms with Crippen molar-refractivity contribution in [1.82, 2.24) is 4.98 Å². The quantitative estimate of drug-likeness (QED) is 0.288. The van der Waals surface area contributed by atoms with Crippen molar-refractivity contribution >= 4 is 29.1 Å². The van der Waals surface area contributed by atoms with Gasteiger partial charge in [-0.25, -0.2) is 9.78 Å². The molecular formula is C20H25N5O4. The third-order valence-corrected chi connectivity index (χ3v) is 3.97. The number of aromatic nitrogens is 1. The van der Waals surface area contributed by atoms with E-state index in [2.05, 4.69) is 39.6 Å². The third-order valence-electron chi connectivity index (χ3n) is 3.97.